The Hall–Kier alpha value is -8.06. The predicted octanol–water partition coefficient (Wildman–Crippen LogP) is 15.2. The van der Waals surface area contributed by atoms with Crippen molar-refractivity contribution in [3.05, 3.63) is 234 Å². The van der Waals surface area contributed by atoms with E-state index >= 15 is 0 Å². The van der Waals surface area contributed by atoms with Crippen LogP contribution in [-0.4, -0.2) is 20.8 Å². The van der Waals surface area contributed by atoms with Gasteiger partial charge >= 0.3 is 0 Å². The molecular weight excluding hydrogens is 787 g/mol. The van der Waals surface area contributed by atoms with Gasteiger partial charge in [-0.15, -0.1) is 11.3 Å². The Morgan fingerprint density at radius 1 is 0.381 bits per heavy atom. The molecule has 1 atom stereocenters. The highest BCUT2D eigenvalue weighted by Gasteiger charge is 2.18. The number of thiophene rings is 1. The molecule has 0 spiro atoms. The van der Waals surface area contributed by atoms with Gasteiger partial charge in [-0.25, -0.2) is 0 Å². The van der Waals surface area contributed by atoms with E-state index in [1.165, 1.54) is 74.9 Å². The minimum Gasteiger partial charge on any atom is -0.438 e. The number of hydrogen-bond acceptors (Lipinski definition) is 3. The molecular formula is C57H36N5S-. The van der Waals surface area contributed by atoms with Crippen molar-refractivity contribution in [1.82, 2.24) is 9.13 Å². The van der Waals surface area contributed by atoms with Crippen LogP contribution in [0.25, 0.3) is 91.6 Å². The lowest BCUT2D eigenvalue weighted by atomic mass is 10.0. The van der Waals surface area contributed by atoms with Crippen LogP contribution < -0.4 is 0 Å². The Morgan fingerprint density at radius 2 is 0.937 bits per heavy atom. The number of aromatic nitrogens is 2. The van der Waals surface area contributed by atoms with Crippen LogP contribution in [0.15, 0.2) is 222 Å². The van der Waals surface area contributed by atoms with Crippen LogP contribution in [0.5, 0.6) is 0 Å². The zero-order chi connectivity index (χ0) is 41.4. The van der Waals surface area contributed by atoms with E-state index in [1.54, 1.807) is 0 Å². The summed E-state index contributed by atoms with van der Waals surface area (Å²) in [6, 6.07) is 76.0. The van der Waals surface area contributed by atoms with Crippen LogP contribution in [0.3, 0.4) is 0 Å². The number of fused-ring (bicyclic) bond motifs is 9. The normalized spacial score (nSPS) is 14.2. The zero-order valence-electron chi connectivity index (χ0n) is 33.9. The Labute approximate surface area is 367 Å². The summed E-state index contributed by atoms with van der Waals surface area (Å²) >= 11 is 1.82. The summed E-state index contributed by atoms with van der Waals surface area (Å²) in [5.41, 5.74) is 12.5. The number of para-hydroxylation sites is 3. The zero-order valence-corrected chi connectivity index (χ0v) is 34.7. The number of amidine groups is 2. The molecule has 13 rings (SSSR count). The monoisotopic (exact) mass is 822 g/mol. The van der Waals surface area contributed by atoms with Crippen LogP contribution in [0.4, 0.5) is 0 Å². The van der Waals surface area contributed by atoms with Crippen LogP contribution in [0.2, 0.25) is 0 Å². The number of rotatable bonds is 6. The first-order chi connectivity index (χ1) is 31.2. The molecule has 1 unspecified atom stereocenters. The fraction of sp³-hybridized carbons (Fsp3) is 0.0175. The Kier molecular flexibility index (Phi) is 8.08. The molecule has 5 nitrogen and oxygen atoms in total. The van der Waals surface area contributed by atoms with Gasteiger partial charge < -0.3 is 19.4 Å². The van der Waals surface area contributed by atoms with Gasteiger partial charge in [0.1, 0.15) is 0 Å². The molecule has 0 bridgehead atoms. The topological polar surface area (TPSA) is 48.7 Å². The van der Waals surface area contributed by atoms with E-state index in [0.717, 1.165) is 28.1 Å². The molecule has 0 aliphatic carbocycles. The summed E-state index contributed by atoms with van der Waals surface area (Å²) in [5, 5.41) is 12.5. The van der Waals surface area contributed by atoms with E-state index in [9.17, 15) is 0 Å². The fourth-order valence-corrected chi connectivity index (χ4v) is 10.7. The van der Waals surface area contributed by atoms with E-state index in [4.69, 9.17) is 15.3 Å². The summed E-state index contributed by atoms with van der Waals surface area (Å²) in [6.07, 6.45) is -0.367. The molecule has 6 heteroatoms. The second kappa shape index (κ2) is 14.3. The third-order valence-electron chi connectivity index (χ3n) is 12.5. The number of benzene rings is 9. The minimum absolute atomic E-state index is 0.367. The van der Waals surface area contributed by atoms with Crippen LogP contribution in [0.1, 0.15) is 22.9 Å². The molecule has 0 N–H and O–H groups in total. The Balaban J connectivity index is 0.899. The molecule has 0 fully saturated rings. The highest BCUT2D eigenvalue weighted by atomic mass is 32.1. The first-order valence-corrected chi connectivity index (χ1v) is 22.1. The van der Waals surface area contributed by atoms with Gasteiger partial charge in [0.25, 0.3) is 0 Å². The smallest absolute Gasteiger partial charge is 0.0822 e. The third-order valence-corrected chi connectivity index (χ3v) is 13.6. The molecule has 9 aromatic carbocycles. The fourth-order valence-electron chi connectivity index (χ4n) is 9.54. The highest BCUT2D eigenvalue weighted by Crippen LogP contribution is 2.41. The maximum absolute atomic E-state index is 5.09. The summed E-state index contributed by atoms with van der Waals surface area (Å²) in [5.74, 6) is 1.39. The van der Waals surface area contributed by atoms with Crippen molar-refractivity contribution in [1.29, 1.82) is 0 Å². The molecule has 0 radical (unpaired) electrons. The van der Waals surface area contributed by atoms with E-state index in [1.807, 2.05) is 47.7 Å². The van der Waals surface area contributed by atoms with Crippen LogP contribution in [-0.2, 0) is 0 Å². The molecule has 296 valence electrons. The molecule has 0 saturated carbocycles. The largest absolute Gasteiger partial charge is 0.438 e. The van der Waals surface area contributed by atoms with Gasteiger partial charge in [-0.05, 0) is 88.5 Å². The first-order valence-electron chi connectivity index (χ1n) is 21.3. The lowest BCUT2D eigenvalue weighted by Gasteiger charge is -2.32. The van der Waals surface area contributed by atoms with Gasteiger partial charge in [0.15, 0.2) is 0 Å². The maximum atomic E-state index is 5.09. The molecule has 1 aliphatic rings. The van der Waals surface area contributed by atoms with Gasteiger partial charge in [-0.2, -0.15) is 0 Å². The molecule has 0 saturated heterocycles. The van der Waals surface area contributed by atoms with E-state index < -0.39 is 0 Å². The van der Waals surface area contributed by atoms with Crippen molar-refractivity contribution in [2.24, 2.45) is 9.98 Å². The quantitative estimate of drug-likeness (QED) is 0.160. The summed E-state index contributed by atoms with van der Waals surface area (Å²) < 4.78 is 7.25. The number of aliphatic imine (C=N–C) groups is 2. The van der Waals surface area contributed by atoms with Crippen molar-refractivity contribution < 1.29 is 0 Å². The Bertz CT molecular complexity index is 3820. The van der Waals surface area contributed by atoms with Crippen molar-refractivity contribution in [2.45, 2.75) is 6.17 Å². The van der Waals surface area contributed by atoms with Crippen molar-refractivity contribution in [3.8, 4) is 22.5 Å². The first kappa shape index (κ1) is 35.7. The second-order valence-corrected chi connectivity index (χ2v) is 17.2. The molecule has 3 aromatic heterocycles. The maximum Gasteiger partial charge on any atom is 0.0822 e. The van der Waals surface area contributed by atoms with Gasteiger partial charge in [0.2, 0.25) is 0 Å². The predicted molar refractivity (Wildman–Crippen MR) is 266 cm³/mol. The number of nitrogens with zero attached hydrogens (tertiary/aromatic N) is 5. The van der Waals surface area contributed by atoms with Crippen molar-refractivity contribution in [2.75, 3.05) is 0 Å². The van der Waals surface area contributed by atoms with Crippen LogP contribution >= 0.6 is 11.3 Å². The van der Waals surface area contributed by atoms with Gasteiger partial charge in [-0.3, -0.25) is 4.99 Å². The van der Waals surface area contributed by atoms with Gasteiger partial charge in [0, 0.05) is 53.1 Å². The second-order valence-electron chi connectivity index (χ2n) is 16.2. The number of hydrogen-bond donors (Lipinski definition) is 0. The van der Waals surface area contributed by atoms with Crippen LogP contribution in [0, 0.1) is 0 Å². The third kappa shape index (κ3) is 5.83. The Morgan fingerprint density at radius 3 is 1.71 bits per heavy atom. The SMILES string of the molecule is c1ccc(C2=NC(c3ccccc3)[N-]C(c3ccc4c(c3)sc3cc(-n5c6ccccc6c6cc(-c7ccc8c9ccccc9n(-c9ccccc9)c8c7)ccc65)ccc34)=N2)cc1. The van der Waals surface area contributed by atoms with Gasteiger partial charge in [-0.1, -0.05) is 157 Å². The lowest BCUT2D eigenvalue weighted by Crippen LogP contribution is -2.15. The standard InChI is InChI=1S/C57H36N5S/c1-4-14-36(15-5-1)55-58-56(37-16-6-2-7-17-37)60-57(59-55)40-25-29-46-47-30-27-42(35-54(47)63-53(46)34-40)62-50-23-13-11-21-44(50)48-32-38(26-31-51(48)62)39-24-28-45-43-20-10-12-22-49(43)61(52(45)33-39)41-18-8-3-9-19-41/h1-35,55H/q-1. The summed E-state index contributed by atoms with van der Waals surface area (Å²) in [7, 11) is 0. The average molecular weight is 823 g/mol. The van der Waals surface area contributed by atoms with E-state index in [-0.39, 0.29) is 6.17 Å². The van der Waals surface area contributed by atoms with Crippen molar-refractivity contribution in [3.63, 3.8) is 0 Å². The molecule has 4 heterocycles. The molecule has 63 heavy (non-hydrogen) atoms. The molecule has 0 amide bonds. The molecule has 12 aromatic rings. The van der Waals surface area contributed by atoms with Gasteiger partial charge in [0.05, 0.1) is 34.1 Å². The lowest BCUT2D eigenvalue weighted by molar-refractivity contribution is 0.878. The van der Waals surface area contributed by atoms with E-state index in [0.29, 0.717) is 11.7 Å². The summed E-state index contributed by atoms with van der Waals surface area (Å²) in [6.45, 7) is 0. The summed E-state index contributed by atoms with van der Waals surface area (Å²) in [4.78, 5) is 10.0. The van der Waals surface area contributed by atoms with E-state index in [2.05, 4.69) is 185 Å². The molecule has 1 aliphatic heterocycles. The van der Waals surface area contributed by atoms with Crippen molar-refractivity contribution >= 4 is 86.8 Å². The average Bonchev–Trinajstić information content (AvgIpc) is 4.01. The highest BCUT2D eigenvalue weighted by molar-refractivity contribution is 7.25. The minimum atomic E-state index is -0.367.